The molecule has 0 atom stereocenters. The molecule has 0 aliphatic rings. The molecule has 1 rings (SSSR count). The third-order valence-corrected chi connectivity index (χ3v) is 1.95. The lowest BCUT2D eigenvalue weighted by Gasteiger charge is -1.78. The number of rotatable bonds is 1. The van der Waals surface area contributed by atoms with Gasteiger partial charge in [0, 0.05) is 4.88 Å². The van der Waals surface area contributed by atoms with E-state index in [-0.39, 0.29) is 0 Å². The minimum atomic E-state index is -1.33. The van der Waals surface area contributed by atoms with E-state index in [1.54, 1.807) is 0 Å². The van der Waals surface area contributed by atoms with Gasteiger partial charge in [0.2, 0.25) is 0 Å². The Morgan fingerprint density at radius 1 is 1.82 bits per heavy atom. The molecule has 0 unspecified atom stereocenters. The fourth-order valence-electron chi connectivity index (χ4n) is 0.514. The van der Waals surface area contributed by atoms with Crippen LogP contribution in [0.4, 0.5) is 4.79 Å². The smallest absolute Gasteiger partial charge is 0.402 e. The zero-order valence-corrected chi connectivity index (χ0v) is 7.10. The number of hydrogen-bond donors (Lipinski definition) is 2. The van der Waals surface area contributed by atoms with Gasteiger partial charge in [-0.05, 0) is 17.9 Å². The van der Waals surface area contributed by atoms with Gasteiger partial charge in [0.15, 0.2) is 0 Å². The third-order valence-electron chi connectivity index (χ3n) is 0.929. The van der Waals surface area contributed by atoms with E-state index in [0.717, 1.165) is 0 Å². The van der Waals surface area contributed by atoms with E-state index in [4.69, 9.17) is 9.90 Å². The zero-order chi connectivity index (χ0) is 8.69. The van der Waals surface area contributed by atoms with E-state index >= 15 is 0 Å². The summed E-state index contributed by atoms with van der Waals surface area (Å²) in [5.74, 6) is 0. The number of hydrogen-bond acceptors (Lipinski definition) is 2. The van der Waals surface area contributed by atoms with Crippen LogP contribution in [0.5, 0.6) is 0 Å². The number of nitrogens with two attached hydrogens (primary N) is 1. The Labute approximate surface area is 69.5 Å². The normalized spacial score (nSPS) is 8.09. The van der Waals surface area contributed by atoms with Crippen LogP contribution in [-0.4, -0.2) is 11.2 Å². The average Bonchev–Trinajstić information content (AvgIpc) is 2.36. The fraction of sp³-hybridized carbons (Fsp3) is 0.286. The molecule has 3 nitrogen and oxygen atoms in total. The van der Waals surface area contributed by atoms with Crippen LogP contribution in [0.15, 0.2) is 17.5 Å². The molecule has 62 valence electrons. The number of carbonyl (C=O) groups is 1. The lowest BCUT2D eigenvalue weighted by atomic mass is 10.4. The van der Waals surface area contributed by atoms with Gasteiger partial charge in [-0.15, -0.1) is 11.3 Å². The van der Waals surface area contributed by atoms with Gasteiger partial charge in [-0.2, -0.15) is 0 Å². The number of amides is 1. The van der Waals surface area contributed by atoms with Crippen molar-refractivity contribution in [3.8, 4) is 0 Å². The van der Waals surface area contributed by atoms with Crippen LogP contribution in [0.3, 0.4) is 0 Å². The molecule has 0 fully saturated rings. The molecule has 1 aromatic rings. The maximum Gasteiger partial charge on any atom is 0.402 e. The van der Waals surface area contributed by atoms with E-state index in [1.807, 2.05) is 11.3 Å². The van der Waals surface area contributed by atoms with Crippen molar-refractivity contribution in [1.82, 2.24) is 0 Å². The second-order valence-corrected chi connectivity index (χ2v) is 2.80. The van der Waals surface area contributed by atoms with Crippen LogP contribution in [0.1, 0.15) is 11.8 Å². The van der Waals surface area contributed by atoms with Crippen LogP contribution < -0.4 is 5.73 Å². The van der Waals surface area contributed by atoms with Crippen LogP contribution in [0.25, 0.3) is 0 Å². The van der Waals surface area contributed by atoms with Gasteiger partial charge in [-0.1, -0.05) is 13.0 Å². The van der Waals surface area contributed by atoms with Gasteiger partial charge in [0.25, 0.3) is 0 Å². The molecule has 0 saturated heterocycles. The summed E-state index contributed by atoms with van der Waals surface area (Å²) in [6.45, 7) is 2.17. The Morgan fingerprint density at radius 2 is 2.36 bits per heavy atom. The van der Waals surface area contributed by atoms with Crippen molar-refractivity contribution in [3.63, 3.8) is 0 Å². The van der Waals surface area contributed by atoms with Gasteiger partial charge in [-0.25, -0.2) is 4.79 Å². The average molecular weight is 173 g/mol. The van der Waals surface area contributed by atoms with Crippen LogP contribution in [0, 0.1) is 0 Å². The topological polar surface area (TPSA) is 63.3 Å². The summed E-state index contributed by atoms with van der Waals surface area (Å²) >= 11 is 1.82. The van der Waals surface area contributed by atoms with Gasteiger partial charge < -0.3 is 10.8 Å². The Balaban J connectivity index is 0.000000218. The van der Waals surface area contributed by atoms with Gasteiger partial charge in [0.05, 0.1) is 0 Å². The Morgan fingerprint density at radius 3 is 2.55 bits per heavy atom. The lowest BCUT2D eigenvalue weighted by molar-refractivity contribution is 0.205. The molecule has 0 aromatic carbocycles. The molecule has 0 spiro atoms. The van der Waals surface area contributed by atoms with Crippen LogP contribution in [0.2, 0.25) is 0 Å². The highest BCUT2D eigenvalue weighted by Gasteiger charge is 1.82. The van der Waals surface area contributed by atoms with E-state index in [1.165, 1.54) is 11.3 Å². The zero-order valence-electron chi connectivity index (χ0n) is 6.28. The maximum absolute atomic E-state index is 8.78. The number of thiophene rings is 1. The van der Waals surface area contributed by atoms with Crippen molar-refractivity contribution in [2.75, 3.05) is 0 Å². The second kappa shape index (κ2) is 5.73. The lowest BCUT2D eigenvalue weighted by Crippen LogP contribution is -2.03. The fourth-order valence-corrected chi connectivity index (χ4v) is 1.17. The molecule has 0 bridgehead atoms. The van der Waals surface area contributed by atoms with Gasteiger partial charge in [0.1, 0.15) is 0 Å². The SMILES string of the molecule is CCc1cccs1.NC(=O)O. The van der Waals surface area contributed by atoms with Gasteiger partial charge >= 0.3 is 6.09 Å². The van der Waals surface area contributed by atoms with E-state index in [9.17, 15) is 0 Å². The Bertz CT molecular complexity index is 192. The molecular weight excluding hydrogens is 162 g/mol. The third kappa shape index (κ3) is 6.86. The quantitative estimate of drug-likeness (QED) is 0.681. The summed E-state index contributed by atoms with van der Waals surface area (Å²) in [6, 6.07) is 4.24. The number of primary amides is 1. The minimum absolute atomic E-state index is 1.18. The molecule has 1 heterocycles. The number of aryl methyl sites for hydroxylation is 1. The first-order valence-electron chi connectivity index (χ1n) is 3.17. The van der Waals surface area contributed by atoms with Crippen molar-refractivity contribution in [2.45, 2.75) is 13.3 Å². The molecule has 0 aliphatic carbocycles. The van der Waals surface area contributed by atoms with Crippen molar-refractivity contribution in [3.05, 3.63) is 22.4 Å². The molecule has 1 aromatic heterocycles. The van der Waals surface area contributed by atoms with Gasteiger partial charge in [-0.3, -0.25) is 0 Å². The highest BCUT2D eigenvalue weighted by Crippen LogP contribution is 2.07. The first-order valence-corrected chi connectivity index (χ1v) is 4.05. The molecule has 0 saturated carbocycles. The summed E-state index contributed by atoms with van der Waals surface area (Å²) in [4.78, 5) is 10.2. The van der Waals surface area contributed by atoms with E-state index in [0.29, 0.717) is 0 Å². The van der Waals surface area contributed by atoms with Crippen molar-refractivity contribution in [2.24, 2.45) is 5.73 Å². The summed E-state index contributed by atoms with van der Waals surface area (Å²) in [5.41, 5.74) is 4.03. The largest absolute Gasteiger partial charge is 0.465 e. The Hall–Kier alpha value is -1.03. The predicted molar refractivity (Wildman–Crippen MR) is 45.9 cm³/mol. The first-order chi connectivity index (χ1) is 5.16. The highest BCUT2D eigenvalue weighted by atomic mass is 32.1. The maximum atomic E-state index is 8.78. The molecule has 4 heteroatoms. The highest BCUT2D eigenvalue weighted by molar-refractivity contribution is 7.09. The summed E-state index contributed by atoms with van der Waals surface area (Å²) in [6.07, 6.45) is -0.155. The number of carboxylic acid groups (broad SMARTS) is 1. The standard InChI is InChI=1S/C6H8S.CH3NO2/c1-2-6-4-3-5-7-6;2-1(3)4/h3-5H,2H2,1H3;2H2,(H,3,4). The Kier molecular flexibility index (Phi) is 5.20. The minimum Gasteiger partial charge on any atom is -0.465 e. The van der Waals surface area contributed by atoms with Crippen LogP contribution >= 0.6 is 11.3 Å². The van der Waals surface area contributed by atoms with Crippen molar-refractivity contribution < 1.29 is 9.90 Å². The monoisotopic (exact) mass is 173 g/mol. The van der Waals surface area contributed by atoms with Crippen LogP contribution in [-0.2, 0) is 6.42 Å². The molecule has 0 radical (unpaired) electrons. The molecule has 11 heavy (non-hydrogen) atoms. The molecule has 1 amide bonds. The molecular formula is C7H11NO2S. The van der Waals surface area contributed by atoms with Crippen molar-refractivity contribution in [1.29, 1.82) is 0 Å². The summed E-state index contributed by atoms with van der Waals surface area (Å²) in [5, 5.41) is 9.30. The van der Waals surface area contributed by atoms with Crippen molar-refractivity contribution >= 4 is 17.4 Å². The van der Waals surface area contributed by atoms with E-state index < -0.39 is 6.09 Å². The second-order valence-electron chi connectivity index (χ2n) is 1.77. The summed E-state index contributed by atoms with van der Waals surface area (Å²) < 4.78 is 0. The summed E-state index contributed by atoms with van der Waals surface area (Å²) in [7, 11) is 0. The molecule has 3 N–H and O–H groups in total. The first kappa shape index (κ1) is 9.97. The van der Waals surface area contributed by atoms with E-state index in [2.05, 4.69) is 30.2 Å². The molecule has 0 aliphatic heterocycles. The predicted octanol–water partition coefficient (Wildman–Crippen LogP) is 1.93.